The van der Waals surface area contributed by atoms with E-state index in [0.29, 0.717) is 6.54 Å². The summed E-state index contributed by atoms with van der Waals surface area (Å²) >= 11 is 0. The second kappa shape index (κ2) is 7.33. The van der Waals surface area contributed by atoms with Gasteiger partial charge in [-0.05, 0) is 12.8 Å². The van der Waals surface area contributed by atoms with Crippen LogP contribution in [-0.4, -0.2) is 20.7 Å². The Bertz CT molecular complexity index is 200. The van der Waals surface area contributed by atoms with Gasteiger partial charge in [0.15, 0.2) is 0 Å². The third-order valence-corrected chi connectivity index (χ3v) is 3.31. The molecule has 0 aromatic carbocycles. The van der Waals surface area contributed by atoms with Crippen molar-refractivity contribution < 1.29 is 8.42 Å². The third-order valence-electron chi connectivity index (χ3n) is 1.84. The zero-order valence-electron chi connectivity index (χ0n) is 8.67. The molecule has 0 fully saturated rings. The standard InChI is InChI=1S/C9H21NO2S/c1-3-5-6-7-9-13(11,12)10-8-4-2/h10H,3-9H2,1-2H3. The number of hydrogen-bond acceptors (Lipinski definition) is 2. The van der Waals surface area contributed by atoms with Crippen molar-refractivity contribution in [2.75, 3.05) is 12.3 Å². The fourth-order valence-corrected chi connectivity index (χ4v) is 2.29. The summed E-state index contributed by atoms with van der Waals surface area (Å²) < 4.78 is 25.0. The van der Waals surface area contributed by atoms with Crippen molar-refractivity contribution in [3.05, 3.63) is 0 Å². The molecule has 0 aliphatic heterocycles. The maximum absolute atomic E-state index is 11.2. The van der Waals surface area contributed by atoms with E-state index < -0.39 is 10.0 Å². The highest BCUT2D eigenvalue weighted by atomic mass is 32.2. The maximum atomic E-state index is 11.2. The molecule has 0 bridgehead atoms. The van der Waals surface area contributed by atoms with Gasteiger partial charge in [0.05, 0.1) is 5.75 Å². The average Bonchev–Trinajstić information content (AvgIpc) is 2.09. The molecule has 0 spiro atoms. The normalized spacial score (nSPS) is 11.8. The van der Waals surface area contributed by atoms with E-state index in [0.717, 1.165) is 32.1 Å². The number of unbranched alkanes of at least 4 members (excludes halogenated alkanes) is 3. The lowest BCUT2D eigenvalue weighted by Crippen LogP contribution is -2.26. The average molecular weight is 207 g/mol. The molecule has 0 atom stereocenters. The summed E-state index contributed by atoms with van der Waals surface area (Å²) in [7, 11) is -2.97. The number of sulfonamides is 1. The van der Waals surface area contributed by atoms with Crippen LogP contribution in [0.4, 0.5) is 0 Å². The summed E-state index contributed by atoms with van der Waals surface area (Å²) in [6.45, 7) is 4.64. The van der Waals surface area contributed by atoms with E-state index in [1.165, 1.54) is 0 Å². The van der Waals surface area contributed by atoms with Crippen LogP contribution in [0, 0.1) is 0 Å². The molecular formula is C9H21NO2S. The van der Waals surface area contributed by atoms with Crippen molar-refractivity contribution in [1.29, 1.82) is 0 Å². The van der Waals surface area contributed by atoms with Crippen LogP contribution in [0.15, 0.2) is 0 Å². The van der Waals surface area contributed by atoms with Crippen LogP contribution in [-0.2, 0) is 10.0 Å². The molecule has 80 valence electrons. The summed E-state index contributed by atoms with van der Waals surface area (Å²) in [5, 5.41) is 0. The predicted octanol–water partition coefficient (Wildman–Crippen LogP) is 1.90. The summed E-state index contributed by atoms with van der Waals surface area (Å²) in [6, 6.07) is 0. The zero-order valence-corrected chi connectivity index (χ0v) is 9.49. The van der Waals surface area contributed by atoms with Gasteiger partial charge in [-0.15, -0.1) is 0 Å². The van der Waals surface area contributed by atoms with Crippen molar-refractivity contribution in [3.8, 4) is 0 Å². The van der Waals surface area contributed by atoms with Crippen LogP contribution in [0.25, 0.3) is 0 Å². The van der Waals surface area contributed by atoms with Gasteiger partial charge < -0.3 is 0 Å². The van der Waals surface area contributed by atoms with Crippen molar-refractivity contribution in [3.63, 3.8) is 0 Å². The Balaban J connectivity index is 3.52. The van der Waals surface area contributed by atoms with Crippen molar-refractivity contribution >= 4 is 10.0 Å². The molecule has 0 aliphatic carbocycles. The lowest BCUT2D eigenvalue weighted by Gasteiger charge is -2.04. The van der Waals surface area contributed by atoms with Gasteiger partial charge in [0, 0.05) is 6.54 Å². The Morgan fingerprint density at radius 3 is 2.23 bits per heavy atom. The smallest absolute Gasteiger partial charge is 0.211 e. The fourth-order valence-electron chi connectivity index (χ4n) is 1.05. The molecule has 13 heavy (non-hydrogen) atoms. The third kappa shape index (κ3) is 8.25. The minimum atomic E-state index is -2.97. The van der Waals surface area contributed by atoms with Gasteiger partial charge in [-0.2, -0.15) is 0 Å². The monoisotopic (exact) mass is 207 g/mol. The van der Waals surface area contributed by atoms with Gasteiger partial charge >= 0.3 is 0 Å². The van der Waals surface area contributed by atoms with E-state index in [9.17, 15) is 8.42 Å². The van der Waals surface area contributed by atoms with Crippen LogP contribution in [0.1, 0.15) is 46.0 Å². The van der Waals surface area contributed by atoms with E-state index in [1.54, 1.807) is 0 Å². The SMILES string of the molecule is CCCCCCS(=O)(=O)NCCC. The fraction of sp³-hybridized carbons (Fsp3) is 1.00. The van der Waals surface area contributed by atoms with E-state index in [1.807, 2.05) is 6.92 Å². The highest BCUT2D eigenvalue weighted by molar-refractivity contribution is 7.89. The van der Waals surface area contributed by atoms with Gasteiger partial charge in [0.25, 0.3) is 0 Å². The Morgan fingerprint density at radius 1 is 1.00 bits per heavy atom. The summed E-state index contributed by atoms with van der Waals surface area (Å²) in [6.07, 6.45) is 4.93. The van der Waals surface area contributed by atoms with Crippen LogP contribution >= 0.6 is 0 Å². The van der Waals surface area contributed by atoms with Crippen molar-refractivity contribution in [1.82, 2.24) is 4.72 Å². The molecule has 0 aliphatic rings. The van der Waals surface area contributed by atoms with Gasteiger partial charge in [-0.3, -0.25) is 0 Å². The van der Waals surface area contributed by atoms with Gasteiger partial charge in [-0.25, -0.2) is 13.1 Å². The van der Waals surface area contributed by atoms with E-state index >= 15 is 0 Å². The molecule has 0 heterocycles. The first kappa shape index (κ1) is 12.9. The van der Waals surface area contributed by atoms with Crippen molar-refractivity contribution in [2.45, 2.75) is 46.0 Å². The Labute approximate surface area is 82.0 Å². The second-order valence-corrected chi connectivity index (χ2v) is 5.20. The Hall–Kier alpha value is -0.0900. The van der Waals surface area contributed by atoms with Gasteiger partial charge in [-0.1, -0.05) is 33.1 Å². The summed E-state index contributed by atoms with van der Waals surface area (Å²) in [5.41, 5.74) is 0. The molecule has 0 saturated carbocycles. The Morgan fingerprint density at radius 2 is 1.69 bits per heavy atom. The van der Waals surface area contributed by atoms with Gasteiger partial charge in [0.2, 0.25) is 10.0 Å². The molecule has 0 saturated heterocycles. The number of nitrogens with one attached hydrogen (secondary N) is 1. The minimum absolute atomic E-state index is 0.285. The molecule has 0 rings (SSSR count). The molecule has 4 heteroatoms. The molecule has 0 aromatic heterocycles. The molecule has 3 nitrogen and oxygen atoms in total. The molecule has 0 amide bonds. The highest BCUT2D eigenvalue weighted by Crippen LogP contribution is 2.00. The first-order chi connectivity index (χ1) is 6.12. The molecule has 0 aromatic rings. The van der Waals surface area contributed by atoms with E-state index in [-0.39, 0.29) is 5.75 Å². The van der Waals surface area contributed by atoms with Crippen molar-refractivity contribution in [2.24, 2.45) is 0 Å². The maximum Gasteiger partial charge on any atom is 0.211 e. The first-order valence-corrected chi connectivity index (χ1v) is 6.75. The quantitative estimate of drug-likeness (QED) is 0.618. The van der Waals surface area contributed by atoms with Crippen LogP contribution in [0.5, 0.6) is 0 Å². The second-order valence-electron chi connectivity index (χ2n) is 3.27. The lowest BCUT2D eigenvalue weighted by molar-refractivity contribution is 0.574. The topological polar surface area (TPSA) is 46.2 Å². The van der Waals surface area contributed by atoms with Crippen LogP contribution < -0.4 is 4.72 Å². The Kier molecular flexibility index (Phi) is 7.28. The zero-order chi connectivity index (χ0) is 10.2. The summed E-state index contributed by atoms with van der Waals surface area (Å²) in [5.74, 6) is 0.285. The molecule has 1 N–H and O–H groups in total. The van der Waals surface area contributed by atoms with Crippen LogP contribution in [0.2, 0.25) is 0 Å². The van der Waals surface area contributed by atoms with Gasteiger partial charge in [0.1, 0.15) is 0 Å². The van der Waals surface area contributed by atoms with E-state index in [2.05, 4.69) is 11.6 Å². The number of rotatable bonds is 8. The minimum Gasteiger partial charge on any atom is -0.215 e. The first-order valence-electron chi connectivity index (χ1n) is 5.09. The lowest BCUT2D eigenvalue weighted by atomic mass is 10.2. The largest absolute Gasteiger partial charge is 0.215 e. The number of hydrogen-bond donors (Lipinski definition) is 1. The molecular weight excluding hydrogens is 186 g/mol. The molecule has 0 unspecified atom stereocenters. The van der Waals surface area contributed by atoms with E-state index in [4.69, 9.17) is 0 Å². The molecule has 0 radical (unpaired) electrons. The summed E-state index contributed by atoms with van der Waals surface area (Å²) in [4.78, 5) is 0. The highest BCUT2D eigenvalue weighted by Gasteiger charge is 2.07. The predicted molar refractivity (Wildman–Crippen MR) is 56.2 cm³/mol. The van der Waals surface area contributed by atoms with Crippen LogP contribution in [0.3, 0.4) is 0 Å².